The molecule has 0 bridgehead atoms. The summed E-state index contributed by atoms with van der Waals surface area (Å²) in [6.07, 6.45) is -3.67. The van der Waals surface area contributed by atoms with Gasteiger partial charge >= 0.3 is 6.18 Å². The van der Waals surface area contributed by atoms with Crippen LogP contribution in [0.3, 0.4) is 0 Å². The molecule has 0 radical (unpaired) electrons. The zero-order valence-electron chi connectivity index (χ0n) is 22.3. The van der Waals surface area contributed by atoms with Crippen molar-refractivity contribution in [2.45, 2.75) is 83.3 Å². The zero-order valence-corrected chi connectivity index (χ0v) is 24.1. The van der Waals surface area contributed by atoms with E-state index in [1.807, 2.05) is 0 Å². The highest BCUT2D eigenvalue weighted by molar-refractivity contribution is 7.86. The number of hydrogen-bond acceptors (Lipinski definition) is 6. The van der Waals surface area contributed by atoms with Gasteiger partial charge in [0, 0.05) is 17.8 Å². The van der Waals surface area contributed by atoms with Crippen molar-refractivity contribution >= 4 is 18.4 Å². The Hall–Kier alpha value is -2.15. The van der Waals surface area contributed by atoms with E-state index in [0.29, 0.717) is 5.56 Å². The molecule has 206 valence electrons. The van der Waals surface area contributed by atoms with Gasteiger partial charge in [0.15, 0.2) is 8.32 Å². The summed E-state index contributed by atoms with van der Waals surface area (Å²) in [6, 6.07) is 4.60. The van der Waals surface area contributed by atoms with Crippen molar-refractivity contribution in [2.24, 2.45) is 0 Å². The molecule has 0 amide bonds. The number of fused-ring (bicyclic) bond motifs is 1. The SMILES string of the molecule is CC1(C)Oc2ccc(C(F)(F)F)cc2[C@@H](n2cc(CO[Si](C)(C)C(C)(C)C)ccc2=O)[C@@H]1OS(C)(=O)=O. The Morgan fingerprint density at radius 1 is 1.11 bits per heavy atom. The van der Waals surface area contributed by atoms with Crippen LogP contribution < -0.4 is 10.3 Å². The first kappa shape index (κ1) is 29.4. The minimum atomic E-state index is -4.66. The van der Waals surface area contributed by atoms with E-state index in [0.717, 1.165) is 18.4 Å². The predicted octanol–water partition coefficient (Wildman–Crippen LogP) is 5.49. The van der Waals surface area contributed by atoms with Crippen molar-refractivity contribution in [2.75, 3.05) is 6.26 Å². The Labute approximate surface area is 216 Å². The van der Waals surface area contributed by atoms with E-state index in [2.05, 4.69) is 33.9 Å². The molecule has 0 aliphatic carbocycles. The number of rotatable bonds is 6. The number of hydrogen-bond donors (Lipinski definition) is 0. The highest BCUT2D eigenvalue weighted by Gasteiger charge is 2.49. The van der Waals surface area contributed by atoms with Gasteiger partial charge < -0.3 is 13.7 Å². The maximum absolute atomic E-state index is 13.6. The van der Waals surface area contributed by atoms with Gasteiger partial charge in [0.1, 0.15) is 17.5 Å². The van der Waals surface area contributed by atoms with Crippen LogP contribution in [-0.4, -0.2) is 39.3 Å². The molecule has 0 unspecified atom stereocenters. The van der Waals surface area contributed by atoms with E-state index in [4.69, 9.17) is 13.3 Å². The van der Waals surface area contributed by atoms with Crippen LogP contribution in [0.15, 0.2) is 41.3 Å². The molecule has 2 heterocycles. The van der Waals surface area contributed by atoms with E-state index in [1.54, 1.807) is 19.9 Å². The fraction of sp³-hybridized carbons (Fsp3) is 0.560. The summed E-state index contributed by atoms with van der Waals surface area (Å²) in [5, 5.41) is -0.0620. The topological polar surface area (TPSA) is 83.8 Å². The minimum absolute atomic E-state index is 0.00707. The summed E-state index contributed by atoms with van der Waals surface area (Å²) in [6.45, 7) is 13.7. The van der Waals surface area contributed by atoms with Crippen LogP contribution >= 0.6 is 0 Å². The average Bonchev–Trinajstić information content (AvgIpc) is 2.71. The maximum Gasteiger partial charge on any atom is 0.416 e. The molecular weight excluding hydrogens is 527 g/mol. The first-order valence-corrected chi connectivity index (χ1v) is 16.5. The monoisotopic (exact) mass is 561 g/mol. The predicted molar refractivity (Wildman–Crippen MR) is 137 cm³/mol. The number of aromatic nitrogens is 1. The molecule has 1 aliphatic heterocycles. The third kappa shape index (κ3) is 6.47. The normalized spacial score (nSPS) is 20.3. The van der Waals surface area contributed by atoms with E-state index in [9.17, 15) is 26.4 Å². The van der Waals surface area contributed by atoms with Gasteiger partial charge in [-0.25, -0.2) is 0 Å². The molecule has 1 aromatic carbocycles. The van der Waals surface area contributed by atoms with Gasteiger partial charge in [-0.1, -0.05) is 20.8 Å². The summed E-state index contributed by atoms with van der Waals surface area (Å²) in [5.74, 6) is 0.103. The highest BCUT2D eigenvalue weighted by atomic mass is 32.2. The van der Waals surface area contributed by atoms with E-state index in [-0.39, 0.29) is 23.0 Å². The Bertz CT molecular complexity index is 1330. The first-order valence-electron chi connectivity index (χ1n) is 11.8. The van der Waals surface area contributed by atoms with Crippen LogP contribution in [0.1, 0.15) is 57.4 Å². The summed E-state index contributed by atoms with van der Waals surface area (Å²) < 4.78 is 84.0. The van der Waals surface area contributed by atoms with Crippen molar-refractivity contribution in [1.82, 2.24) is 4.57 Å². The van der Waals surface area contributed by atoms with Crippen LogP contribution in [0.4, 0.5) is 13.2 Å². The Kier molecular flexibility index (Phi) is 7.59. The molecule has 37 heavy (non-hydrogen) atoms. The molecule has 0 fully saturated rings. The van der Waals surface area contributed by atoms with E-state index in [1.165, 1.54) is 22.9 Å². The van der Waals surface area contributed by atoms with Crippen molar-refractivity contribution in [3.05, 3.63) is 63.6 Å². The molecule has 0 N–H and O–H groups in total. The van der Waals surface area contributed by atoms with Gasteiger partial charge in [0.25, 0.3) is 15.7 Å². The van der Waals surface area contributed by atoms with Gasteiger partial charge in [0.05, 0.1) is 24.5 Å². The van der Waals surface area contributed by atoms with Gasteiger partial charge in [0.2, 0.25) is 0 Å². The molecule has 12 heteroatoms. The minimum Gasteiger partial charge on any atom is -0.485 e. The van der Waals surface area contributed by atoms with Gasteiger partial charge in [-0.2, -0.15) is 21.6 Å². The van der Waals surface area contributed by atoms with Crippen LogP contribution in [0.2, 0.25) is 18.1 Å². The number of ether oxygens (including phenoxy) is 1. The second-order valence-electron chi connectivity index (χ2n) is 11.5. The summed E-state index contributed by atoms with van der Waals surface area (Å²) >= 11 is 0. The molecule has 1 aromatic heterocycles. The quantitative estimate of drug-likeness (QED) is 0.342. The van der Waals surface area contributed by atoms with Crippen molar-refractivity contribution in [3.8, 4) is 5.75 Å². The second kappa shape index (κ2) is 9.55. The number of alkyl halides is 3. The highest BCUT2D eigenvalue weighted by Crippen LogP contribution is 2.45. The lowest BCUT2D eigenvalue weighted by atomic mass is 9.85. The molecule has 2 atom stereocenters. The Morgan fingerprint density at radius 3 is 2.27 bits per heavy atom. The molecule has 0 spiro atoms. The van der Waals surface area contributed by atoms with Crippen molar-refractivity contribution < 1.29 is 34.9 Å². The average molecular weight is 562 g/mol. The van der Waals surface area contributed by atoms with Crippen LogP contribution in [0.5, 0.6) is 5.75 Å². The number of pyridine rings is 1. The summed E-state index contributed by atoms with van der Waals surface area (Å²) in [4.78, 5) is 13.1. The van der Waals surface area contributed by atoms with Gasteiger partial charge in [-0.15, -0.1) is 0 Å². The van der Waals surface area contributed by atoms with Crippen LogP contribution in [0.25, 0.3) is 0 Å². The van der Waals surface area contributed by atoms with Crippen LogP contribution in [0, 0.1) is 0 Å². The molecular formula is C25H34F3NO6SSi. The van der Waals surface area contributed by atoms with E-state index < -0.39 is 53.5 Å². The molecule has 2 aromatic rings. The van der Waals surface area contributed by atoms with Gasteiger partial charge in [-0.3, -0.25) is 8.98 Å². The molecule has 7 nitrogen and oxygen atoms in total. The Balaban J connectivity index is 2.20. The molecule has 1 aliphatic rings. The molecule has 0 saturated heterocycles. The lowest BCUT2D eigenvalue weighted by molar-refractivity contribution is -0.137. The second-order valence-corrected chi connectivity index (χ2v) is 17.9. The fourth-order valence-electron chi connectivity index (χ4n) is 3.92. The smallest absolute Gasteiger partial charge is 0.416 e. The van der Waals surface area contributed by atoms with Gasteiger partial charge in [-0.05, 0) is 61.8 Å². The fourth-order valence-corrected chi connectivity index (χ4v) is 5.59. The lowest BCUT2D eigenvalue weighted by Crippen LogP contribution is -2.54. The lowest BCUT2D eigenvalue weighted by Gasteiger charge is -2.44. The van der Waals surface area contributed by atoms with Crippen LogP contribution in [-0.2, 0) is 31.5 Å². The number of benzene rings is 1. The maximum atomic E-state index is 13.6. The van der Waals surface area contributed by atoms with Crippen molar-refractivity contribution in [1.29, 1.82) is 0 Å². The number of halogens is 3. The largest absolute Gasteiger partial charge is 0.485 e. The third-order valence-corrected chi connectivity index (χ3v) is 12.0. The third-order valence-electron chi connectivity index (χ3n) is 6.98. The standard InChI is InChI=1S/C25H34F3NO6SSi/c1-23(2,3)37(7,8)33-15-16-9-12-20(30)29(14-16)21-18-13-17(25(26,27)28)10-11-19(18)34-24(4,5)22(21)35-36(6,31)32/h9-14,21-22H,15H2,1-8H3/t21-,22+/m1/s1. The first-order chi connectivity index (χ1) is 16.6. The Morgan fingerprint density at radius 2 is 1.73 bits per heavy atom. The zero-order chi connectivity index (χ0) is 28.2. The van der Waals surface area contributed by atoms with E-state index >= 15 is 0 Å². The summed E-state index contributed by atoms with van der Waals surface area (Å²) in [5.41, 5.74) is -2.20. The molecule has 3 rings (SSSR count). The molecule has 0 saturated carbocycles. The number of nitrogens with zero attached hydrogens (tertiary/aromatic N) is 1. The summed E-state index contributed by atoms with van der Waals surface area (Å²) in [7, 11) is -6.23. The van der Waals surface area contributed by atoms with Crippen molar-refractivity contribution in [3.63, 3.8) is 0 Å².